The summed E-state index contributed by atoms with van der Waals surface area (Å²) >= 11 is 0. The van der Waals surface area contributed by atoms with E-state index in [9.17, 15) is 18.7 Å². The van der Waals surface area contributed by atoms with Gasteiger partial charge in [0, 0.05) is 62.4 Å². The smallest absolute Gasteiger partial charge is 0.228 e. The summed E-state index contributed by atoms with van der Waals surface area (Å²) in [6, 6.07) is 10.7. The summed E-state index contributed by atoms with van der Waals surface area (Å²) in [6.45, 7) is 5.25. The number of nitrogens with zero attached hydrogens (tertiary/aromatic N) is 5. The van der Waals surface area contributed by atoms with Gasteiger partial charge in [-0.3, -0.25) is 9.78 Å². The molecule has 2 aliphatic heterocycles. The van der Waals surface area contributed by atoms with Gasteiger partial charge in [0.2, 0.25) is 5.91 Å². The van der Waals surface area contributed by atoms with Crippen molar-refractivity contribution in [3.63, 3.8) is 0 Å². The van der Waals surface area contributed by atoms with E-state index in [0.717, 1.165) is 6.07 Å². The number of halogens is 2. The van der Waals surface area contributed by atoms with Crippen LogP contribution in [-0.2, 0) is 10.4 Å². The van der Waals surface area contributed by atoms with Gasteiger partial charge in [0.05, 0.1) is 11.6 Å². The number of pyridine rings is 1. The Labute approximate surface area is 208 Å². The average molecular weight is 494 g/mol. The SMILES string of the molecule is CC1CN(C(=O)[C@@H]2CN(c3ccncn3)C[C@H]2c2ccc(F)cc2F)CC(C)C1(O)c1ccccn1. The predicted octanol–water partition coefficient (Wildman–Crippen LogP) is 3.37. The number of aliphatic hydroxyl groups is 1. The van der Waals surface area contributed by atoms with E-state index in [2.05, 4.69) is 15.0 Å². The van der Waals surface area contributed by atoms with Gasteiger partial charge in [0.15, 0.2) is 0 Å². The van der Waals surface area contributed by atoms with E-state index in [0.29, 0.717) is 43.3 Å². The van der Waals surface area contributed by atoms with Crippen molar-refractivity contribution in [2.45, 2.75) is 25.4 Å². The standard InChI is InChI=1S/C27H29F2N5O2/c1-17-12-34(13-18(2)27(17,36)24-5-3-4-9-31-24)26(35)22-15-33(25-8-10-30-16-32-25)14-21(22)20-7-6-19(28)11-23(20)29/h3-11,16-18,21-22,36H,12-15H2,1-2H3/t17?,18?,21-,22+,27?/m0/s1. The average Bonchev–Trinajstić information content (AvgIpc) is 3.32. The number of likely N-dealkylation sites (tertiary alicyclic amines) is 1. The first-order valence-corrected chi connectivity index (χ1v) is 12.2. The maximum absolute atomic E-state index is 14.9. The van der Waals surface area contributed by atoms with E-state index in [1.165, 1.54) is 18.5 Å². The molecule has 0 saturated carbocycles. The Kier molecular flexibility index (Phi) is 6.42. The second-order valence-corrected chi connectivity index (χ2v) is 9.94. The monoisotopic (exact) mass is 493 g/mol. The van der Waals surface area contributed by atoms with Gasteiger partial charge in [0.25, 0.3) is 0 Å². The van der Waals surface area contributed by atoms with Crippen LogP contribution >= 0.6 is 0 Å². The highest BCUT2D eigenvalue weighted by molar-refractivity contribution is 5.82. The third-order valence-corrected chi connectivity index (χ3v) is 7.77. The number of anilines is 1. The van der Waals surface area contributed by atoms with Crippen molar-refractivity contribution in [3.05, 3.63) is 84.1 Å². The third-order valence-electron chi connectivity index (χ3n) is 7.77. The molecule has 2 fully saturated rings. The highest BCUT2D eigenvalue weighted by Gasteiger charge is 2.50. The Morgan fingerprint density at radius 2 is 1.78 bits per heavy atom. The molecule has 2 aromatic heterocycles. The number of benzene rings is 1. The molecule has 2 saturated heterocycles. The molecule has 0 aliphatic carbocycles. The molecule has 4 atom stereocenters. The normalized spacial score (nSPS) is 28.4. The zero-order chi connectivity index (χ0) is 25.4. The molecule has 7 nitrogen and oxygen atoms in total. The van der Waals surface area contributed by atoms with Crippen LogP contribution in [0.15, 0.2) is 61.2 Å². The summed E-state index contributed by atoms with van der Waals surface area (Å²) < 4.78 is 28.5. The Hall–Kier alpha value is -3.46. The van der Waals surface area contributed by atoms with Crippen molar-refractivity contribution in [2.75, 3.05) is 31.1 Å². The first-order chi connectivity index (χ1) is 17.3. The number of aromatic nitrogens is 3. The zero-order valence-corrected chi connectivity index (χ0v) is 20.3. The summed E-state index contributed by atoms with van der Waals surface area (Å²) in [6.07, 6.45) is 4.72. The fraction of sp³-hybridized carbons (Fsp3) is 0.407. The van der Waals surface area contributed by atoms with Gasteiger partial charge in [0.1, 0.15) is 29.4 Å². The van der Waals surface area contributed by atoms with E-state index in [1.807, 2.05) is 30.9 Å². The van der Waals surface area contributed by atoms with Gasteiger partial charge in [-0.05, 0) is 29.8 Å². The van der Waals surface area contributed by atoms with Gasteiger partial charge >= 0.3 is 0 Å². The largest absolute Gasteiger partial charge is 0.383 e. The van der Waals surface area contributed by atoms with Gasteiger partial charge in [-0.1, -0.05) is 26.0 Å². The topological polar surface area (TPSA) is 82.5 Å². The van der Waals surface area contributed by atoms with Crippen molar-refractivity contribution in [1.29, 1.82) is 0 Å². The van der Waals surface area contributed by atoms with Crippen molar-refractivity contribution >= 4 is 11.7 Å². The number of piperidine rings is 1. The highest BCUT2D eigenvalue weighted by atomic mass is 19.1. The summed E-state index contributed by atoms with van der Waals surface area (Å²) in [5.74, 6) is -2.33. The van der Waals surface area contributed by atoms with Gasteiger partial charge in [-0.2, -0.15) is 0 Å². The molecule has 36 heavy (non-hydrogen) atoms. The third kappa shape index (κ3) is 4.21. The summed E-state index contributed by atoms with van der Waals surface area (Å²) in [4.78, 5) is 30.3. The first-order valence-electron chi connectivity index (χ1n) is 12.2. The lowest BCUT2D eigenvalue weighted by Crippen LogP contribution is -2.57. The van der Waals surface area contributed by atoms with Crippen LogP contribution in [0, 0.1) is 29.4 Å². The quantitative estimate of drug-likeness (QED) is 0.600. The minimum Gasteiger partial charge on any atom is -0.383 e. The van der Waals surface area contributed by atoms with Crippen LogP contribution in [0.2, 0.25) is 0 Å². The van der Waals surface area contributed by atoms with E-state index in [4.69, 9.17) is 0 Å². The Bertz CT molecular complexity index is 1220. The molecule has 188 valence electrons. The Balaban J connectivity index is 1.43. The minimum absolute atomic E-state index is 0.109. The number of amides is 1. The van der Waals surface area contributed by atoms with Crippen molar-refractivity contribution in [3.8, 4) is 0 Å². The number of carbonyl (C=O) groups is 1. The zero-order valence-electron chi connectivity index (χ0n) is 20.3. The molecular weight excluding hydrogens is 464 g/mol. The maximum Gasteiger partial charge on any atom is 0.228 e. The maximum atomic E-state index is 14.9. The molecular formula is C27H29F2N5O2. The van der Waals surface area contributed by atoms with E-state index in [1.54, 1.807) is 29.4 Å². The highest BCUT2D eigenvalue weighted by Crippen LogP contribution is 2.42. The lowest BCUT2D eigenvalue weighted by atomic mass is 9.72. The second kappa shape index (κ2) is 9.54. The Morgan fingerprint density at radius 1 is 1.00 bits per heavy atom. The van der Waals surface area contributed by atoms with E-state index < -0.39 is 29.1 Å². The van der Waals surface area contributed by atoms with Gasteiger partial charge in [-0.25, -0.2) is 18.7 Å². The van der Waals surface area contributed by atoms with Crippen LogP contribution < -0.4 is 4.90 Å². The van der Waals surface area contributed by atoms with E-state index in [-0.39, 0.29) is 17.7 Å². The van der Waals surface area contributed by atoms with Crippen LogP contribution in [0.1, 0.15) is 31.0 Å². The fourth-order valence-electron chi connectivity index (χ4n) is 5.85. The van der Waals surface area contributed by atoms with E-state index >= 15 is 0 Å². The first kappa shape index (κ1) is 24.2. The van der Waals surface area contributed by atoms with Crippen LogP contribution in [0.5, 0.6) is 0 Å². The van der Waals surface area contributed by atoms with Crippen LogP contribution in [0.4, 0.5) is 14.6 Å². The van der Waals surface area contributed by atoms with Crippen LogP contribution in [0.3, 0.4) is 0 Å². The van der Waals surface area contributed by atoms with Crippen molar-refractivity contribution in [2.24, 2.45) is 17.8 Å². The molecule has 9 heteroatoms. The van der Waals surface area contributed by atoms with Gasteiger partial charge < -0.3 is 14.9 Å². The summed E-state index contributed by atoms with van der Waals surface area (Å²) in [7, 11) is 0. The van der Waals surface area contributed by atoms with Crippen molar-refractivity contribution in [1.82, 2.24) is 19.9 Å². The molecule has 2 unspecified atom stereocenters. The molecule has 3 aromatic rings. The summed E-state index contributed by atoms with van der Waals surface area (Å²) in [5, 5.41) is 11.6. The second-order valence-electron chi connectivity index (χ2n) is 9.94. The van der Waals surface area contributed by atoms with Crippen molar-refractivity contribution < 1.29 is 18.7 Å². The lowest BCUT2D eigenvalue weighted by Gasteiger charge is -2.48. The molecule has 1 aromatic carbocycles. The number of rotatable bonds is 4. The molecule has 1 N–H and O–H groups in total. The minimum atomic E-state index is -1.16. The van der Waals surface area contributed by atoms with Crippen LogP contribution in [0.25, 0.3) is 0 Å². The Morgan fingerprint density at radius 3 is 2.42 bits per heavy atom. The lowest BCUT2D eigenvalue weighted by molar-refractivity contribution is -0.153. The predicted molar refractivity (Wildman–Crippen MR) is 130 cm³/mol. The molecule has 4 heterocycles. The molecule has 0 radical (unpaired) electrons. The molecule has 0 bridgehead atoms. The van der Waals surface area contributed by atoms with Gasteiger partial charge in [-0.15, -0.1) is 0 Å². The summed E-state index contributed by atoms with van der Waals surface area (Å²) in [5.41, 5.74) is -0.253. The molecule has 0 spiro atoms. The fourth-order valence-corrected chi connectivity index (χ4v) is 5.85. The number of hydrogen-bond donors (Lipinski definition) is 1. The number of hydrogen-bond acceptors (Lipinski definition) is 6. The molecule has 5 rings (SSSR count). The van der Waals surface area contributed by atoms with Crippen LogP contribution in [-0.4, -0.2) is 57.0 Å². The molecule has 2 aliphatic rings. The molecule has 1 amide bonds. The number of carbonyl (C=O) groups excluding carboxylic acids is 1.